The third-order valence-corrected chi connectivity index (χ3v) is 4.96. The Balaban J connectivity index is 1.83. The van der Waals surface area contributed by atoms with Crippen molar-refractivity contribution in [1.82, 2.24) is 19.1 Å². The molecule has 0 aliphatic heterocycles. The number of aromatic amines is 1. The van der Waals surface area contributed by atoms with E-state index in [1.165, 1.54) is 22.5 Å². The summed E-state index contributed by atoms with van der Waals surface area (Å²) in [4.78, 5) is 57.2. The van der Waals surface area contributed by atoms with E-state index in [-0.39, 0.29) is 30.0 Å². The largest absolute Gasteiger partial charge is 0.383 e. The Labute approximate surface area is 171 Å². The molecule has 3 aromatic rings. The number of amides is 1. The normalized spacial score (nSPS) is 11.0. The number of hydrogen-bond donors (Lipinski definition) is 2. The van der Waals surface area contributed by atoms with Crippen LogP contribution >= 0.6 is 0 Å². The summed E-state index contributed by atoms with van der Waals surface area (Å²) in [6.07, 6.45) is 2.88. The van der Waals surface area contributed by atoms with Crippen LogP contribution in [0.2, 0.25) is 0 Å². The first-order chi connectivity index (χ1) is 14.3. The highest BCUT2D eigenvalue weighted by molar-refractivity contribution is 5.94. The lowest BCUT2D eigenvalue weighted by Gasteiger charge is -2.20. The van der Waals surface area contributed by atoms with Crippen LogP contribution in [0, 0.1) is 0 Å². The number of carbonyl (C=O) groups is 1. The summed E-state index contributed by atoms with van der Waals surface area (Å²) in [6, 6.07) is 6.95. The lowest BCUT2D eigenvalue weighted by molar-refractivity contribution is -0.118. The molecule has 0 aliphatic rings. The van der Waals surface area contributed by atoms with Crippen molar-refractivity contribution >= 4 is 28.3 Å². The van der Waals surface area contributed by atoms with Gasteiger partial charge in [0.1, 0.15) is 5.82 Å². The number of hydrogen-bond acceptors (Lipinski definition) is 6. The fraction of sp³-hybridized carbons (Fsp3) is 0.350. The van der Waals surface area contributed by atoms with Crippen molar-refractivity contribution in [2.75, 3.05) is 17.7 Å². The van der Waals surface area contributed by atoms with E-state index < -0.39 is 17.2 Å². The summed E-state index contributed by atoms with van der Waals surface area (Å²) in [5, 5.41) is 0.462. The number of aryl methyl sites for hydroxylation is 1. The minimum atomic E-state index is -0.731. The van der Waals surface area contributed by atoms with E-state index in [0.717, 1.165) is 11.3 Å². The monoisotopic (exact) mass is 412 g/mol. The second-order valence-electron chi connectivity index (χ2n) is 6.96. The maximum Gasteiger partial charge on any atom is 0.330 e. The molecule has 0 spiro atoms. The molecule has 2 heterocycles. The molecule has 1 aromatic carbocycles. The molecule has 10 heteroatoms. The highest BCUT2D eigenvalue weighted by Gasteiger charge is 2.21. The summed E-state index contributed by atoms with van der Waals surface area (Å²) >= 11 is 0. The molecule has 158 valence electrons. The topological polar surface area (TPSA) is 136 Å². The van der Waals surface area contributed by atoms with Gasteiger partial charge in [-0.25, -0.2) is 9.78 Å². The Morgan fingerprint density at radius 1 is 1.20 bits per heavy atom. The first-order valence-corrected chi connectivity index (χ1v) is 9.68. The predicted molar refractivity (Wildman–Crippen MR) is 115 cm³/mol. The molecule has 2 aromatic heterocycles. The second-order valence-corrected chi connectivity index (χ2v) is 6.96. The first-order valence-electron chi connectivity index (χ1n) is 9.68. The number of nitrogens with one attached hydrogen (secondary N) is 1. The van der Waals surface area contributed by atoms with E-state index in [2.05, 4.69) is 9.97 Å². The van der Waals surface area contributed by atoms with Crippen LogP contribution in [-0.4, -0.2) is 32.1 Å². The third kappa shape index (κ3) is 4.02. The zero-order chi connectivity index (χ0) is 21.8. The summed E-state index contributed by atoms with van der Waals surface area (Å²) in [7, 11) is 1.42. The number of nitrogen functional groups attached to an aromatic ring is 1. The van der Waals surface area contributed by atoms with E-state index in [9.17, 15) is 19.2 Å². The maximum atomic E-state index is 12.7. The van der Waals surface area contributed by atoms with Gasteiger partial charge < -0.3 is 10.6 Å². The number of rotatable bonds is 7. The van der Waals surface area contributed by atoms with Crippen LogP contribution in [0.4, 0.5) is 11.5 Å². The molecular formula is C20H24N6O4. The number of para-hydroxylation sites is 1. The fourth-order valence-electron chi connectivity index (χ4n) is 3.21. The van der Waals surface area contributed by atoms with Gasteiger partial charge in [0.25, 0.3) is 11.1 Å². The lowest BCUT2D eigenvalue weighted by Crippen LogP contribution is -2.39. The van der Waals surface area contributed by atoms with Crippen LogP contribution in [0.15, 0.2) is 45.0 Å². The smallest absolute Gasteiger partial charge is 0.330 e. The minimum absolute atomic E-state index is 0.0522. The highest BCUT2D eigenvalue weighted by atomic mass is 16.2. The van der Waals surface area contributed by atoms with Crippen molar-refractivity contribution < 1.29 is 4.79 Å². The van der Waals surface area contributed by atoms with E-state index in [1.807, 2.05) is 6.92 Å². The number of fused-ring (bicyclic) bond motifs is 1. The van der Waals surface area contributed by atoms with E-state index in [1.54, 1.807) is 24.3 Å². The van der Waals surface area contributed by atoms with Crippen LogP contribution in [-0.2, 0) is 17.9 Å². The van der Waals surface area contributed by atoms with Crippen molar-refractivity contribution in [3.63, 3.8) is 0 Å². The van der Waals surface area contributed by atoms with Gasteiger partial charge in [-0.1, -0.05) is 25.5 Å². The molecule has 0 unspecified atom stereocenters. The van der Waals surface area contributed by atoms with E-state index in [0.29, 0.717) is 23.9 Å². The number of nitrogens with two attached hydrogens (primary N) is 1. The lowest BCUT2D eigenvalue weighted by atomic mass is 10.2. The summed E-state index contributed by atoms with van der Waals surface area (Å²) in [5.74, 6) is -0.481. The number of aromatic nitrogens is 4. The van der Waals surface area contributed by atoms with Crippen LogP contribution in [0.5, 0.6) is 0 Å². The van der Waals surface area contributed by atoms with Gasteiger partial charge in [0.15, 0.2) is 5.69 Å². The summed E-state index contributed by atoms with van der Waals surface area (Å²) < 4.78 is 2.60. The molecule has 0 fully saturated rings. The van der Waals surface area contributed by atoms with Gasteiger partial charge >= 0.3 is 5.69 Å². The maximum absolute atomic E-state index is 12.7. The predicted octanol–water partition coefficient (Wildman–Crippen LogP) is 0.682. The molecular weight excluding hydrogens is 388 g/mol. The van der Waals surface area contributed by atoms with Crippen molar-refractivity contribution in [1.29, 1.82) is 0 Å². The molecule has 3 rings (SSSR count). The number of unbranched alkanes of at least 4 members (excludes halogenated alkanes) is 1. The van der Waals surface area contributed by atoms with Gasteiger partial charge in [-0.3, -0.25) is 28.5 Å². The van der Waals surface area contributed by atoms with Gasteiger partial charge in [0.2, 0.25) is 5.91 Å². The fourth-order valence-corrected chi connectivity index (χ4v) is 3.21. The van der Waals surface area contributed by atoms with Gasteiger partial charge in [-0.05, 0) is 18.6 Å². The minimum Gasteiger partial charge on any atom is -0.383 e. The van der Waals surface area contributed by atoms with E-state index in [4.69, 9.17) is 5.73 Å². The molecule has 0 bridgehead atoms. The van der Waals surface area contributed by atoms with E-state index >= 15 is 0 Å². The Morgan fingerprint density at radius 2 is 1.93 bits per heavy atom. The molecule has 0 aliphatic carbocycles. The summed E-state index contributed by atoms with van der Waals surface area (Å²) in [5.41, 5.74) is 4.95. The Morgan fingerprint density at radius 3 is 2.67 bits per heavy atom. The highest BCUT2D eigenvalue weighted by Crippen LogP contribution is 2.16. The number of anilines is 2. The van der Waals surface area contributed by atoms with Crippen molar-refractivity contribution in [2.45, 2.75) is 39.3 Å². The number of carbonyl (C=O) groups excluding carboxylic acids is 1. The molecule has 3 N–H and O–H groups in total. The summed E-state index contributed by atoms with van der Waals surface area (Å²) in [6.45, 7) is 2.39. The zero-order valence-electron chi connectivity index (χ0n) is 16.9. The Bertz CT molecular complexity index is 1260. The second kappa shape index (κ2) is 8.76. The van der Waals surface area contributed by atoms with Gasteiger partial charge in [-0.15, -0.1) is 0 Å². The third-order valence-electron chi connectivity index (χ3n) is 4.96. The Hall–Kier alpha value is -3.69. The zero-order valence-corrected chi connectivity index (χ0v) is 16.9. The number of nitrogens with zero attached hydrogens (tertiary/aromatic N) is 4. The average Bonchev–Trinajstić information content (AvgIpc) is 2.72. The van der Waals surface area contributed by atoms with Crippen LogP contribution < -0.4 is 27.4 Å². The standard InChI is InChI=1S/C20H24N6O4/c1-3-4-10-26-17(21)16(18(28)23-20(26)30)24(2)15(27)9-11-25-12-22-14-8-6-5-7-13(14)19(25)29/h5-8,12H,3-4,9-11,21H2,1-2H3,(H,23,28,30). The first kappa shape index (κ1) is 21.0. The molecule has 0 radical (unpaired) electrons. The molecule has 0 saturated carbocycles. The quantitative estimate of drug-likeness (QED) is 0.586. The SMILES string of the molecule is CCCCn1c(N)c(N(C)C(=O)CCn2cnc3ccccc3c2=O)c(=O)[nH]c1=O. The van der Waals surface area contributed by atoms with Crippen LogP contribution in [0.25, 0.3) is 10.9 Å². The molecule has 0 saturated heterocycles. The molecule has 0 atom stereocenters. The van der Waals surface area contributed by atoms with Crippen LogP contribution in [0.1, 0.15) is 26.2 Å². The Kier molecular flexibility index (Phi) is 6.14. The van der Waals surface area contributed by atoms with Crippen LogP contribution in [0.3, 0.4) is 0 Å². The average molecular weight is 412 g/mol. The van der Waals surface area contributed by atoms with Crippen molar-refractivity contribution in [2.24, 2.45) is 0 Å². The van der Waals surface area contributed by atoms with Gasteiger partial charge in [0, 0.05) is 26.6 Å². The molecule has 30 heavy (non-hydrogen) atoms. The van der Waals surface area contributed by atoms with Gasteiger partial charge in [-0.2, -0.15) is 0 Å². The number of benzene rings is 1. The number of H-pyrrole nitrogens is 1. The van der Waals surface area contributed by atoms with Crippen molar-refractivity contribution in [3.05, 3.63) is 61.8 Å². The molecule has 1 amide bonds. The molecule has 10 nitrogen and oxygen atoms in total. The van der Waals surface area contributed by atoms with Gasteiger partial charge in [0.05, 0.1) is 17.2 Å². The van der Waals surface area contributed by atoms with Crippen molar-refractivity contribution in [3.8, 4) is 0 Å².